The summed E-state index contributed by atoms with van der Waals surface area (Å²) in [5.74, 6) is 2.03. The van der Waals surface area contributed by atoms with Gasteiger partial charge in [0.05, 0.1) is 12.2 Å². The number of aromatic nitrogens is 1. The molecule has 1 aromatic heterocycles. The van der Waals surface area contributed by atoms with E-state index in [-0.39, 0.29) is 24.0 Å². The van der Waals surface area contributed by atoms with Gasteiger partial charge in [0.1, 0.15) is 5.01 Å². The third-order valence-electron chi connectivity index (χ3n) is 3.86. The Morgan fingerprint density at radius 3 is 2.40 bits per heavy atom. The van der Waals surface area contributed by atoms with Gasteiger partial charge < -0.3 is 15.5 Å². The second-order valence-corrected chi connectivity index (χ2v) is 8.09. The van der Waals surface area contributed by atoms with Crippen LogP contribution in [0.1, 0.15) is 57.7 Å². The molecule has 0 saturated heterocycles. The minimum Gasteiger partial charge on any atom is -0.357 e. The van der Waals surface area contributed by atoms with E-state index >= 15 is 0 Å². The van der Waals surface area contributed by atoms with Crippen LogP contribution in [0.4, 0.5) is 0 Å². The molecule has 1 aromatic rings. The summed E-state index contributed by atoms with van der Waals surface area (Å²) < 4.78 is 0. The number of rotatable bonds is 9. The molecule has 0 spiro atoms. The van der Waals surface area contributed by atoms with Gasteiger partial charge >= 0.3 is 0 Å². The summed E-state index contributed by atoms with van der Waals surface area (Å²) in [6.45, 7) is 13.4. The highest BCUT2D eigenvalue weighted by Crippen LogP contribution is 2.18. The molecule has 1 heterocycles. The Morgan fingerprint density at radius 2 is 1.92 bits per heavy atom. The van der Waals surface area contributed by atoms with Crippen LogP contribution in [0.2, 0.25) is 0 Å². The summed E-state index contributed by atoms with van der Waals surface area (Å²) in [6.07, 6.45) is 1.17. The van der Waals surface area contributed by atoms with Crippen molar-refractivity contribution in [2.24, 2.45) is 10.9 Å². The number of aliphatic imine (C=N–C) groups is 1. The van der Waals surface area contributed by atoms with E-state index in [1.165, 1.54) is 6.42 Å². The molecule has 25 heavy (non-hydrogen) atoms. The molecule has 0 bridgehead atoms. The van der Waals surface area contributed by atoms with Crippen LogP contribution in [-0.4, -0.2) is 49.1 Å². The number of thiazole rings is 1. The highest BCUT2D eigenvalue weighted by atomic mass is 127. The first-order valence-electron chi connectivity index (χ1n) is 8.96. The van der Waals surface area contributed by atoms with Crippen LogP contribution < -0.4 is 10.6 Å². The van der Waals surface area contributed by atoms with Gasteiger partial charge in [-0.2, -0.15) is 0 Å². The Labute approximate surface area is 175 Å². The average molecular weight is 481 g/mol. The summed E-state index contributed by atoms with van der Waals surface area (Å²) in [5.41, 5.74) is 1.16. The molecule has 0 aliphatic rings. The van der Waals surface area contributed by atoms with E-state index in [1.54, 1.807) is 11.3 Å². The Hall–Kier alpha value is -0.410. The van der Waals surface area contributed by atoms with Crippen LogP contribution in [0.3, 0.4) is 0 Å². The Morgan fingerprint density at radius 1 is 1.24 bits per heavy atom. The highest BCUT2D eigenvalue weighted by molar-refractivity contribution is 14.0. The van der Waals surface area contributed by atoms with Gasteiger partial charge in [0.2, 0.25) is 0 Å². The van der Waals surface area contributed by atoms with Crippen molar-refractivity contribution in [1.82, 2.24) is 20.5 Å². The van der Waals surface area contributed by atoms with Crippen LogP contribution in [0.5, 0.6) is 0 Å². The van der Waals surface area contributed by atoms with Gasteiger partial charge in [-0.15, -0.1) is 35.3 Å². The number of halogens is 1. The predicted molar refractivity (Wildman–Crippen MR) is 121 cm³/mol. The number of nitrogens with one attached hydrogen (secondary N) is 2. The van der Waals surface area contributed by atoms with Gasteiger partial charge in [-0.05, 0) is 39.3 Å². The SMILES string of the molecule is CCNC(=NCc1nc(C(C)C)cs1)NCC(CC(C)C)N(C)C.I. The summed E-state index contributed by atoms with van der Waals surface area (Å²) >= 11 is 1.69. The summed E-state index contributed by atoms with van der Waals surface area (Å²) in [5, 5.41) is 10.0. The van der Waals surface area contributed by atoms with Crippen molar-refractivity contribution < 1.29 is 0 Å². The fourth-order valence-corrected chi connectivity index (χ4v) is 3.27. The topological polar surface area (TPSA) is 52.6 Å². The summed E-state index contributed by atoms with van der Waals surface area (Å²) in [4.78, 5) is 11.6. The zero-order valence-corrected chi connectivity index (χ0v) is 19.9. The van der Waals surface area contributed by atoms with Crippen LogP contribution in [0.25, 0.3) is 0 Å². The molecule has 2 N–H and O–H groups in total. The molecule has 0 aromatic carbocycles. The Bertz CT molecular complexity index is 499. The molecule has 0 aliphatic heterocycles. The quantitative estimate of drug-likeness (QED) is 0.319. The number of hydrogen-bond acceptors (Lipinski definition) is 4. The van der Waals surface area contributed by atoms with Crippen molar-refractivity contribution in [2.45, 2.75) is 59.5 Å². The van der Waals surface area contributed by atoms with Gasteiger partial charge in [-0.3, -0.25) is 0 Å². The number of hydrogen-bond donors (Lipinski definition) is 2. The van der Waals surface area contributed by atoms with E-state index < -0.39 is 0 Å². The van der Waals surface area contributed by atoms with Gasteiger partial charge in [0.15, 0.2) is 5.96 Å². The van der Waals surface area contributed by atoms with Gasteiger partial charge in [-0.1, -0.05) is 27.7 Å². The molecule has 146 valence electrons. The zero-order valence-electron chi connectivity index (χ0n) is 16.8. The molecular weight excluding hydrogens is 445 g/mol. The molecule has 1 unspecified atom stereocenters. The van der Waals surface area contributed by atoms with Gasteiger partial charge in [0.25, 0.3) is 0 Å². The van der Waals surface area contributed by atoms with E-state index in [9.17, 15) is 0 Å². The van der Waals surface area contributed by atoms with Crippen LogP contribution in [0.15, 0.2) is 10.4 Å². The maximum Gasteiger partial charge on any atom is 0.191 e. The minimum absolute atomic E-state index is 0. The fourth-order valence-electron chi connectivity index (χ4n) is 2.39. The molecule has 5 nitrogen and oxygen atoms in total. The summed E-state index contributed by atoms with van der Waals surface area (Å²) in [7, 11) is 4.28. The number of guanidine groups is 1. The molecule has 0 aliphatic carbocycles. The van der Waals surface area contributed by atoms with Crippen LogP contribution >= 0.6 is 35.3 Å². The van der Waals surface area contributed by atoms with E-state index in [0.717, 1.165) is 29.8 Å². The molecule has 0 amide bonds. The maximum absolute atomic E-state index is 4.69. The average Bonchev–Trinajstić information content (AvgIpc) is 2.97. The van der Waals surface area contributed by atoms with E-state index in [2.05, 4.69) is 74.6 Å². The molecule has 0 saturated carbocycles. The third kappa shape index (κ3) is 9.75. The molecule has 1 atom stereocenters. The lowest BCUT2D eigenvalue weighted by molar-refractivity contribution is 0.254. The first-order valence-corrected chi connectivity index (χ1v) is 9.84. The van der Waals surface area contributed by atoms with Gasteiger partial charge in [-0.25, -0.2) is 9.98 Å². The molecular formula is C18H36IN5S. The standard InChI is InChI=1S/C18H35N5S.HI/c1-8-19-18(20-10-15(23(6)7)9-13(2)3)21-11-17-22-16(12-24-17)14(4)5;/h12-15H,8-11H2,1-7H3,(H2,19,20,21);1H. The lowest BCUT2D eigenvalue weighted by Gasteiger charge is -2.27. The Balaban J connectivity index is 0.00000576. The smallest absolute Gasteiger partial charge is 0.191 e. The lowest BCUT2D eigenvalue weighted by Crippen LogP contribution is -2.45. The number of nitrogens with zero attached hydrogens (tertiary/aromatic N) is 3. The van der Waals surface area contributed by atoms with E-state index in [0.29, 0.717) is 24.4 Å². The largest absolute Gasteiger partial charge is 0.357 e. The first-order chi connectivity index (χ1) is 11.3. The third-order valence-corrected chi connectivity index (χ3v) is 4.71. The fraction of sp³-hybridized carbons (Fsp3) is 0.778. The zero-order chi connectivity index (χ0) is 18.1. The molecule has 7 heteroatoms. The predicted octanol–water partition coefficient (Wildman–Crippen LogP) is 3.92. The van der Waals surface area contributed by atoms with E-state index in [1.807, 2.05) is 0 Å². The van der Waals surface area contributed by atoms with E-state index in [4.69, 9.17) is 4.99 Å². The second kappa shape index (κ2) is 12.9. The number of likely N-dealkylation sites (N-methyl/N-ethyl adjacent to an activating group) is 1. The minimum atomic E-state index is 0. The summed E-state index contributed by atoms with van der Waals surface area (Å²) in [6, 6.07) is 0.501. The van der Waals surface area contributed by atoms with Crippen molar-refractivity contribution >= 4 is 41.3 Å². The monoisotopic (exact) mass is 481 g/mol. The maximum atomic E-state index is 4.69. The van der Waals surface area contributed by atoms with Crippen molar-refractivity contribution in [3.05, 3.63) is 16.1 Å². The highest BCUT2D eigenvalue weighted by Gasteiger charge is 2.14. The van der Waals surface area contributed by atoms with Crippen molar-refractivity contribution in [3.63, 3.8) is 0 Å². The van der Waals surface area contributed by atoms with Crippen molar-refractivity contribution in [2.75, 3.05) is 27.2 Å². The first kappa shape index (κ1) is 24.6. The van der Waals surface area contributed by atoms with Crippen molar-refractivity contribution in [3.8, 4) is 0 Å². The second-order valence-electron chi connectivity index (χ2n) is 7.14. The normalized spacial score (nSPS) is 13.3. The molecule has 1 rings (SSSR count). The van der Waals surface area contributed by atoms with Crippen LogP contribution in [-0.2, 0) is 6.54 Å². The van der Waals surface area contributed by atoms with Gasteiger partial charge in [0, 0.05) is 24.5 Å². The molecule has 0 radical (unpaired) electrons. The Kier molecular flexibility index (Phi) is 12.7. The van der Waals surface area contributed by atoms with Crippen molar-refractivity contribution in [1.29, 1.82) is 0 Å². The lowest BCUT2D eigenvalue weighted by atomic mass is 10.0. The molecule has 0 fully saturated rings. The van der Waals surface area contributed by atoms with Crippen LogP contribution in [0, 0.1) is 5.92 Å².